The van der Waals surface area contributed by atoms with Crippen LogP contribution in [0, 0.1) is 17.8 Å². The topological polar surface area (TPSA) is 44.8 Å². The fourth-order valence-corrected chi connectivity index (χ4v) is 6.09. The molecule has 5 rings (SSSR count). The first-order valence-corrected chi connectivity index (χ1v) is 9.99. The van der Waals surface area contributed by atoms with Gasteiger partial charge in [0.25, 0.3) is 0 Å². The number of carbonyl (C=O) groups excluding carboxylic acids is 1. The highest BCUT2D eigenvalue weighted by molar-refractivity contribution is 5.56. The molecule has 26 heavy (non-hydrogen) atoms. The van der Waals surface area contributed by atoms with Crippen molar-refractivity contribution < 1.29 is 19.0 Å². The van der Waals surface area contributed by atoms with Crippen LogP contribution in [0.25, 0.3) is 0 Å². The van der Waals surface area contributed by atoms with Gasteiger partial charge in [0.15, 0.2) is 6.79 Å². The van der Waals surface area contributed by atoms with Gasteiger partial charge < -0.3 is 19.0 Å². The number of methoxy groups -OCH3 is 1. The SMILES string of the molecule is COCCOCOc1ccc(CC=O)cc1C12CC3CC(CC(C3)C1)C2. The molecule has 0 amide bonds. The van der Waals surface area contributed by atoms with Crippen LogP contribution in [0.5, 0.6) is 5.75 Å². The van der Waals surface area contributed by atoms with Crippen molar-refractivity contribution in [3.05, 3.63) is 29.3 Å². The maximum atomic E-state index is 11.0. The van der Waals surface area contributed by atoms with Gasteiger partial charge in [0.05, 0.1) is 13.2 Å². The minimum absolute atomic E-state index is 0.246. The Bertz CT molecular complexity index is 604. The highest BCUT2D eigenvalue weighted by atomic mass is 16.7. The number of ether oxygens (including phenoxy) is 3. The highest BCUT2D eigenvalue weighted by Crippen LogP contribution is 2.61. The summed E-state index contributed by atoms with van der Waals surface area (Å²) in [5.41, 5.74) is 2.67. The zero-order valence-corrected chi connectivity index (χ0v) is 15.7. The van der Waals surface area contributed by atoms with Gasteiger partial charge >= 0.3 is 0 Å². The van der Waals surface area contributed by atoms with E-state index < -0.39 is 0 Å². The Hall–Kier alpha value is -1.39. The molecule has 1 aromatic carbocycles. The smallest absolute Gasteiger partial charge is 0.189 e. The van der Waals surface area contributed by atoms with Crippen LogP contribution >= 0.6 is 0 Å². The fraction of sp³-hybridized carbons (Fsp3) is 0.682. The monoisotopic (exact) mass is 358 g/mol. The van der Waals surface area contributed by atoms with E-state index in [9.17, 15) is 4.79 Å². The third-order valence-corrected chi connectivity index (χ3v) is 6.70. The van der Waals surface area contributed by atoms with Gasteiger partial charge in [-0.05, 0) is 73.3 Å². The van der Waals surface area contributed by atoms with Gasteiger partial charge in [-0.3, -0.25) is 0 Å². The standard InChI is InChI=1S/C22H30O4/c1-24-6-7-25-15-26-21-3-2-16(4-5-23)11-20(21)22-12-17-8-18(13-22)10-19(9-17)14-22/h2-3,5,11,17-19H,4,6-10,12-15H2,1H3. The average molecular weight is 358 g/mol. The van der Waals surface area contributed by atoms with Crippen molar-refractivity contribution in [3.8, 4) is 5.75 Å². The first kappa shape index (κ1) is 18.0. The summed E-state index contributed by atoms with van der Waals surface area (Å²) in [6, 6.07) is 6.31. The summed E-state index contributed by atoms with van der Waals surface area (Å²) in [4.78, 5) is 11.0. The molecule has 0 heterocycles. The first-order valence-electron chi connectivity index (χ1n) is 9.99. The molecule has 142 valence electrons. The molecule has 0 atom stereocenters. The molecule has 0 N–H and O–H groups in total. The Kier molecular flexibility index (Phi) is 5.32. The van der Waals surface area contributed by atoms with Crippen LogP contribution in [-0.2, 0) is 26.1 Å². The van der Waals surface area contributed by atoms with Gasteiger partial charge in [0.2, 0.25) is 0 Å². The van der Waals surface area contributed by atoms with Crippen LogP contribution < -0.4 is 4.74 Å². The third kappa shape index (κ3) is 3.54. The Morgan fingerprint density at radius 2 is 1.77 bits per heavy atom. The second-order valence-electron chi connectivity index (χ2n) is 8.56. The molecule has 4 bridgehead atoms. The van der Waals surface area contributed by atoms with Crippen molar-refractivity contribution >= 4 is 6.29 Å². The summed E-state index contributed by atoms with van der Waals surface area (Å²) in [5.74, 6) is 3.57. The molecular formula is C22H30O4. The van der Waals surface area contributed by atoms with Crippen molar-refractivity contribution in [3.63, 3.8) is 0 Å². The number of aldehydes is 1. The van der Waals surface area contributed by atoms with Crippen molar-refractivity contribution in [2.45, 2.75) is 50.4 Å². The van der Waals surface area contributed by atoms with Crippen molar-refractivity contribution in [1.29, 1.82) is 0 Å². The second kappa shape index (κ2) is 7.69. The van der Waals surface area contributed by atoms with E-state index in [1.165, 1.54) is 44.1 Å². The van der Waals surface area contributed by atoms with Gasteiger partial charge in [-0.25, -0.2) is 0 Å². The van der Waals surface area contributed by atoms with Gasteiger partial charge in [-0.15, -0.1) is 0 Å². The van der Waals surface area contributed by atoms with Crippen molar-refractivity contribution in [2.24, 2.45) is 17.8 Å². The van der Waals surface area contributed by atoms with E-state index in [0.717, 1.165) is 35.4 Å². The van der Waals surface area contributed by atoms with E-state index >= 15 is 0 Å². The molecule has 4 saturated carbocycles. The van der Waals surface area contributed by atoms with Crippen LogP contribution in [0.3, 0.4) is 0 Å². The third-order valence-electron chi connectivity index (χ3n) is 6.70. The molecule has 4 aliphatic carbocycles. The van der Waals surface area contributed by atoms with E-state index in [1.54, 1.807) is 7.11 Å². The summed E-state index contributed by atoms with van der Waals surface area (Å²) >= 11 is 0. The summed E-state index contributed by atoms with van der Waals surface area (Å²) in [6.07, 6.45) is 9.58. The normalized spacial score (nSPS) is 32.0. The minimum atomic E-state index is 0.246. The molecule has 4 heteroatoms. The van der Waals surface area contributed by atoms with Gasteiger partial charge in [-0.1, -0.05) is 12.1 Å². The maximum absolute atomic E-state index is 11.0. The predicted molar refractivity (Wildman–Crippen MR) is 99.4 cm³/mol. The molecule has 0 aromatic heterocycles. The van der Waals surface area contributed by atoms with E-state index in [1.807, 2.05) is 12.1 Å². The molecule has 0 radical (unpaired) electrons. The van der Waals surface area contributed by atoms with Gasteiger partial charge in [0, 0.05) is 19.1 Å². The second-order valence-corrected chi connectivity index (χ2v) is 8.56. The van der Waals surface area contributed by atoms with Crippen LogP contribution in [0.15, 0.2) is 18.2 Å². The number of hydrogen-bond acceptors (Lipinski definition) is 4. The number of benzene rings is 1. The van der Waals surface area contributed by atoms with Gasteiger partial charge in [-0.2, -0.15) is 0 Å². The molecule has 0 unspecified atom stereocenters. The summed E-state index contributed by atoms with van der Waals surface area (Å²) in [5, 5.41) is 0. The van der Waals surface area contributed by atoms with Crippen LogP contribution in [-0.4, -0.2) is 33.4 Å². The summed E-state index contributed by atoms with van der Waals surface area (Å²) in [6.45, 7) is 1.35. The largest absolute Gasteiger partial charge is 0.467 e. The molecule has 0 aliphatic heterocycles. The Labute approximate surface area is 156 Å². The lowest BCUT2D eigenvalue weighted by Crippen LogP contribution is -2.48. The number of hydrogen-bond donors (Lipinski definition) is 0. The lowest BCUT2D eigenvalue weighted by molar-refractivity contribution is -0.107. The minimum Gasteiger partial charge on any atom is -0.467 e. The van der Waals surface area contributed by atoms with Crippen LogP contribution in [0.1, 0.15) is 49.7 Å². The Balaban J connectivity index is 1.58. The van der Waals surface area contributed by atoms with Crippen LogP contribution in [0.2, 0.25) is 0 Å². The molecule has 0 spiro atoms. The molecular weight excluding hydrogens is 328 g/mol. The zero-order chi connectivity index (χ0) is 18.0. The first-order chi connectivity index (χ1) is 12.7. The molecule has 0 saturated heterocycles. The molecule has 1 aromatic rings. The zero-order valence-electron chi connectivity index (χ0n) is 15.7. The summed E-state index contributed by atoms with van der Waals surface area (Å²) in [7, 11) is 1.67. The molecule has 4 aliphatic rings. The number of carbonyl (C=O) groups is 1. The predicted octanol–water partition coefficient (Wildman–Crippen LogP) is 3.90. The lowest BCUT2D eigenvalue weighted by Gasteiger charge is -2.57. The average Bonchev–Trinajstić information content (AvgIpc) is 2.61. The van der Waals surface area contributed by atoms with Crippen LogP contribution in [0.4, 0.5) is 0 Å². The lowest BCUT2D eigenvalue weighted by atomic mass is 9.48. The number of rotatable bonds is 9. The van der Waals surface area contributed by atoms with E-state index in [2.05, 4.69) is 6.07 Å². The quantitative estimate of drug-likeness (QED) is 0.382. The molecule has 4 nitrogen and oxygen atoms in total. The van der Waals surface area contributed by atoms with E-state index in [-0.39, 0.29) is 12.2 Å². The Morgan fingerprint density at radius 3 is 2.38 bits per heavy atom. The maximum Gasteiger partial charge on any atom is 0.189 e. The highest BCUT2D eigenvalue weighted by Gasteiger charge is 2.52. The summed E-state index contributed by atoms with van der Waals surface area (Å²) < 4.78 is 16.6. The molecule has 4 fully saturated rings. The Morgan fingerprint density at radius 1 is 1.08 bits per heavy atom. The van der Waals surface area contributed by atoms with Gasteiger partial charge in [0.1, 0.15) is 12.0 Å². The van der Waals surface area contributed by atoms with E-state index in [0.29, 0.717) is 19.6 Å². The van der Waals surface area contributed by atoms with Crippen molar-refractivity contribution in [2.75, 3.05) is 27.1 Å². The fourth-order valence-electron chi connectivity index (χ4n) is 6.09. The van der Waals surface area contributed by atoms with E-state index in [4.69, 9.17) is 14.2 Å². The van der Waals surface area contributed by atoms with Crippen molar-refractivity contribution in [1.82, 2.24) is 0 Å².